The van der Waals surface area contributed by atoms with Crippen LogP contribution in [0.4, 0.5) is 0 Å². The summed E-state index contributed by atoms with van der Waals surface area (Å²) >= 11 is 0. The molecule has 1 aliphatic heterocycles. The van der Waals surface area contributed by atoms with E-state index in [-0.39, 0.29) is 12.7 Å². The molecule has 0 saturated carbocycles. The van der Waals surface area contributed by atoms with Crippen LogP contribution in [-0.4, -0.2) is 32.1 Å². The largest absolute Gasteiger partial charge is 0.438 e. The standard InChI is InChI=1S/C3H7BO3/c5-1-3-2-6-4-7-3/h3-5H,1-2H2. The van der Waals surface area contributed by atoms with Crippen molar-refractivity contribution >= 4 is 7.69 Å². The topological polar surface area (TPSA) is 38.7 Å². The van der Waals surface area contributed by atoms with Gasteiger partial charge in [0.25, 0.3) is 0 Å². The molecule has 0 spiro atoms. The van der Waals surface area contributed by atoms with E-state index >= 15 is 0 Å². The maximum Gasteiger partial charge on any atom is 0.438 e. The fourth-order valence-electron chi connectivity index (χ4n) is 0.477. The molecule has 0 aromatic heterocycles. The molecule has 0 bridgehead atoms. The SMILES string of the molecule is OCC1COBO1. The first-order chi connectivity index (χ1) is 3.43. The van der Waals surface area contributed by atoms with Crippen molar-refractivity contribution in [2.24, 2.45) is 0 Å². The molecule has 3 nitrogen and oxygen atoms in total. The van der Waals surface area contributed by atoms with Crippen molar-refractivity contribution in [2.75, 3.05) is 13.2 Å². The van der Waals surface area contributed by atoms with Gasteiger partial charge in [-0.25, -0.2) is 0 Å². The minimum atomic E-state index is -0.0694. The summed E-state index contributed by atoms with van der Waals surface area (Å²) in [6.45, 7) is 0.608. The minimum Gasteiger partial charge on any atom is -0.411 e. The second-order valence-corrected chi connectivity index (χ2v) is 1.46. The fraction of sp³-hybridized carbons (Fsp3) is 1.00. The summed E-state index contributed by atoms with van der Waals surface area (Å²) in [4.78, 5) is 0. The highest BCUT2D eigenvalue weighted by atomic mass is 16.6. The molecular formula is C3H7BO3. The van der Waals surface area contributed by atoms with Gasteiger partial charge in [0.05, 0.1) is 19.3 Å². The molecule has 1 heterocycles. The zero-order chi connectivity index (χ0) is 5.11. The summed E-state index contributed by atoms with van der Waals surface area (Å²) in [6.07, 6.45) is -0.0694. The van der Waals surface area contributed by atoms with Crippen molar-refractivity contribution in [1.29, 1.82) is 0 Å². The van der Waals surface area contributed by atoms with E-state index in [2.05, 4.69) is 0 Å². The van der Waals surface area contributed by atoms with Crippen LogP contribution in [0, 0.1) is 0 Å². The number of aliphatic hydroxyl groups excluding tert-OH is 1. The Morgan fingerprint density at radius 3 is 3.00 bits per heavy atom. The zero-order valence-electron chi connectivity index (χ0n) is 3.96. The van der Waals surface area contributed by atoms with Crippen LogP contribution < -0.4 is 0 Å². The van der Waals surface area contributed by atoms with Crippen LogP contribution in [0.15, 0.2) is 0 Å². The van der Waals surface area contributed by atoms with Gasteiger partial charge >= 0.3 is 7.69 Å². The van der Waals surface area contributed by atoms with E-state index in [9.17, 15) is 0 Å². The van der Waals surface area contributed by atoms with Gasteiger partial charge in [-0.2, -0.15) is 0 Å². The van der Waals surface area contributed by atoms with Gasteiger partial charge in [-0.05, 0) is 0 Å². The second-order valence-electron chi connectivity index (χ2n) is 1.46. The highest BCUT2D eigenvalue weighted by molar-refractivity contribution is 6.18. The van der Waals surface area contributed by atoms with Crippen molar-refractivity contribution in [1.82, 2.24) is 0 Å². The van der Waals surface area contributed by atoms with Crippen LogP contribution in [0.25, 0.3) is 0 Å². The minimum absolute atomic E-state index is 0.0694. The van der Waals surface area contributed by atoms with Gasteiger partial charge < -0.3 is 14.4 Å². The second kappa shape index (κ2) is 2.30. The molecule has 7 heavy (non-hydrogen) atoms. The van der Waals surface area contributed by atoms with Gasteiger partial charge in [-0.3, -0.25) is 0 Å². The average Bonchev–Trinajstić information content (AvgIpc) is 2.14. The summed E-state index contributed by atoms with van der Waals surface area (Å²) in [5.41, 5.74) is 0. The van der Waals surface area contributed by atoms with Crippen LogP contribution in [0.2, 0.25) is 0 Å². The van der Waals surface area contributed by atoms with Crippen molar-refractivity contribution in [2.45, 2.75) is 6.10 Å². The summed E-state index contributed by atoms with van der Waals surface area (Å²) in [7, 11) is 0.339. The lowest BCUT2D eigenvalue weighted by atomic mass is 10.4. The lowest BCUT2D eigenvalue weighted by Gasteiger charge is -1.99. The van der Waals surface area contributed by atoms with Gasteiger partial charge in [-0.15, -0.1) is 0 Å². The third kappa shape index (κ3) is 1.16. The summed E-state index contributed by atoms with van der Waals surface area (Å²) in [5.74, 6) is 0. The molecule has 1 atom stereocenters. The van der Waals surface area contributed by atoms with E-state index in [1.807, 2.05) is 0 Å². The molecule has 1 rings (SSSR count). The van der Waals surface area contributed by atoms with Crippen LogP contribution in [0.5, 0.6) is 0 Å². The van der Waals surface area contributed by atoms with Crippen LogP contribution in [0.3, 0.4) is 0 Å². The Labute approximate surface area is 42.5 Å². The molecule has 1 unspecified atom stereocenters. The summed E-state index contributed by atoms with van der Waals surface area (Å²) in [6, 6.07) is 0. The van der Waals surface area contributed by atoms with Gasteiger partial charge in [0.15, 0.2) is 0 Å². The van der Waals surface area contributed by atoms with Crippen molar-refractivity contribution in [3.05, 3.63) is 0 Å². The van der Waals surface area contributed by atoms with E-state index in [4.69, 9.17) is 14.4 Å². The predicted octanol–water partition coefficient (Wildman–Crippen LogP) is -1.34. The van der Waals surface area contributed by atoms with Crippen molar-refractivity contribution in [3.8, 4) is 0 Å². The molecule has 0 amide bonds. The van der Waals surface area contributed by atoms with Gasteiger partial charge in [0.1, 0.15) is 0 Å². The Bertz CT molecular complexity index is 52.1. The molecule has 0 aromatic rings. The number of rotatable bonds is 1. The Morgan fingerprint density at radius 1 is 1.86 bits per heavy atom. The molecule has 40 valence electrons. The molecule has 1 fully saturated rings. The predicted molar refractivity (Wildman–Crippen MR) is 25.1 cm³/mol. The van der Waals surface area contributed by atoms with Crippen molar-refractivity contribution < 1.29 is 14.4 Å². The van der Waals surface area contributed by atoms with E-state index < -0.39 is 0 Å². The molecule has 0 radical (unpaired) electrons. The smallest absolute Gasteiger partial charge is 0.411 e. The lowest BCUT2D eigenvalue weighted by molar-refractivity contribution is 0.135. The first kappa shape index (κ1) is 5.09. The average molecular weight is 102 g/mol. The van der Waals surface area contributed by atoms with Crippen molar-refractivity contribution in [3.63, 3.8) is 0 Å². The van der Waals surface area contributed by atoms with Gasteiger partial charge in [-0.1, -0.05) is 0 Å². The lowest BCUT2D eigenvalue weighted by Crippen LogP contribution is -2.13. The highest BCUT2D eigenvalue weighted by Crippen LogP contribution is 1.97. The van der Waals surface area contributed by atoms with E-state index in [0.717, 1.165) is 0 Å². The molecule has 1 N–H and O–H groups in total. The number of hydrogen-bond donors (Lipinski definition) is 1. The maximum atomic E-state index is 8.36. The first-order valence-corrected chi connectivity index (χ1v) is 2.23. The summed E-state index contributed by atoms with van der Waals surface area (Å²) in [5, 5.41) is 8.36. The maximum absolute atomic E-state index is 8.36. The van der Waals surface area contributed by atoms with Crippen LogP contribution in [-0.2, 0) is 9.31 Å². The van der Waals surface area contributed by atoms with E-state index in [1.54, 1.807) is 0 Å². The third-order valence-corrected chi connectivity index (χ3v) is 0.894. The molecule has 0 aliphatic carbocycles. The highest BCUT2D eigenvalue weighted by Gasteiger charge is 2.14. The Kier molecular flexibility index (Phi) is 1.67. The molecular weight excluding hydrogens is 94.8 g/mol. The molecule has 1 aliphatic rings. The zero-order valence-corrected chi connectivity index (χ0v) is 3.96. The van der Waals surface area contributed by atoms with E-state index in [1.165, 1.54) is 0 Å². The monoisotopic (exact) mass is 102 g/mol. The molecule has 0 aromatic carbocycles. The third-order valence-electron chi connectivity index (χ3n) is 0.894. The quantitative estimate of drug-likeness (QED) is 0.416. The Hall–Kier alpha value is -0.0551. The first-order valence-electron chi connectivity index (χ1n) is 2.23. The fourth-order valence-corrected chi connectivity index (χ4v) is 0.477. The Balaban J connectivity index is 2.14. The molecule has 1 saturated heterocycles. The summed E-state index contributed by atoms with van der Waals surface area (Å²) < 4.78 is 9.60. The van der Waals surface area contributed by atoms with Crippen LogP contribution >= 0.6 is 0 Å². The number of hydrogen-bond acceptors (Lipinski definition) is 3. The van der Waals surface area contributed by atoms with Gasteiger partial charge in [0, 0.05) is 0 Å². The number of aliphatic hydroxyl groups is 1. The van der Waals surface area contributed by atoms with Gasteiger partial charge in [0.2, 0.25) is 0 Å². The normalized spacial score (nSPS) is 30.1. The molecule has 4 heteroatoms. The Morgan fingerprint density at radius 2 is 2.71 bits per heavy atom. The van der Waals surface area contributed by atoms with E-state index in [0.29, 0.717) is 14.3 Å². The van der Waals surface area contributed by atoms with Crippen LogP contribution in [0.1, 0.15) is 0 Å².